The monoisotopic (exact) mass is 390 g/mol. The van der Waals surface area contributed by atoms with E-state index in [4.69, 9.17) is 0 Å². The lowest BCUT2D eigenvalue weighted by Crippen LogP contribution is -2.16. The van der Waals surface area contributed by atoms with E-state index in [0.29, 0.717) is 6.07 Å². The molecule has 2 aromatic carbocycles. The number of nitrogens with zero attached hydrogens (tertiary/aromatic N) is 2. The molecule has 3 rings (SSSR count). The van der Waals surface area contributed by atoms with Crippen molar-refractivity contribution < 1.29 is 22.0 Å². The molecule has 0 saturated heterocycles. The predicted molar refractivity (Wildman–Crippen MR) is 93.6 cm³/mol. The minimum Gasteiger partial charge on any atom is -0.322 e. The molecule has 0 atom stereocenters. The first-order valence-electron chi connectivity index (χ1n) is 7.51. The van der Waals surface area contributed by atoms with Gasteiger partial charge in [-0.25, -0.2) is 31.9 Å². The van der Waals surface area contributed by atoms with Crippen LogP contribution in [0.15, 0.2) is 65.8 Å². The van der Waals surface area contributed by atoms with Gasteiger partial charge in [0, 0.05) is 24.1 Å². The molecule has 10 heteroatoms. The van der Waals surface area contributed by atoms with Gasteiger partial charge >= 0.3 is 0 Å². The molecule has 1 amide bonds. The standard InChI is InChI=1S/C17H12F2N4O3S/c18-11-2-7-14(15(19)10-11)16(24)22-12-3-5-13(6-4-12)27(25,26)23-17-20-8-1-9-21-17/h1-10H,(H,22,24)(H,20,21,23). The minimum atomic E-state index is -3.91. The van der Waals surface area contributed by atoms with Crippen LogP contribution in [0.4, 0.5) is 20.4 Å². The molecule has 0 fully saturated rings. The Morgan fingerprint density at radius 3 is 2.26 bits per heavy atom. The summed E-state index contributed by atoms with van der Waals surface area (Å²) in [5.74, 6) is -2.67. The molecule has 0 saturated carbocycles. The van der Waals surface area contributed by atoms with Gasteiger partial charge in [0.15, 0.2) is 0 Å². The number of benzene rings is 2. The molecule has 7 nitrogen and oxygen atoms in total. The molecular formula is C17H12F2N4O3S. The highest BCUT2D eigenvalue weighted by Gasteiger charge is 2.16. The molecule has 0 aliphatic heterocycles. The molecule has 138 valence electrons. The van der Waals surface area contributed by atoms with E-state index in [9.17, 15) is 22.0 Å². The number of hydrogen-bond donors (Lipinski definition) is 2. The van der Waals surface area contributed by atoms with Crippen LogP contribution in [-0.2, 0) is 10.0 Å². The fraction of sp³-hybridized carbons (Fsp3) is 0. The number of carbonyl (C=O) groups is 1. The van der Waals surface area contributed by atoms with E-state index in [2.05, 4.69) is 20.0 Å². The van der Waals surface area contributed by atoms with Gasteiger partial charge in [-0.05, 0) is 42.5 Å². The Hall–Kier alpha value is -3.40. The highest BCUT2D eigenvalue weighted by Crippen LogP contribution is 2.18. The van der Waals surface area contributed by atoms with Crippen molar-refractivity contribution in [1.82, 2.24) is 9.97 Å². The Labute approximate surface area is 153 Å². The highest BCUT2D eigenvalue weighted by molar-refractivity contribution is 7.92. The summed E-state index contributed by atoms with van der Waals surface area (Å²) in [6, 6.07) is 9.29. The lowest BCUT2D eigenvalue weighted by atomic mass is 10.2. The van der Waals surface area contributed by atoms with Crippen LogP contribution < -0.4 is 10.0 Å². The van der Waals surface area contributed by atoms with Crippen LogP contribution in [0, 0.1) is 11.6 Å². The summed E-state index contributed by atoms with van der Waals surface area (Å²) in [6.07, 6.45) is 2.77. The average Bonchev–Trinajstić information content (AvgIpc) is 2.62. The zero-order chi connectivity index (χ0) is 19.4. The van der Waals surface area contributed by atoms with Gasteiger partial charge in [0.05, 0.1) is 10.5 Å². The van der Waals surface area contributed by atoms with E-state index in [1.165, 1.54) is 36.7 Å². The first-order valence-corrected chi connectivity index (χ1v) is 9.00. The summed E-state index contributed by atoms with van der Waals surface area (Å²) < 4.78 is 53.3. The van der Waals surface area contributed by atoms with Gasteiger partial charge in [-0.3, -0.25) is 4.79 Å². The molecule has 1 aromatic heterocycles. The molecule has 0 bridgehead atoms. The predicted octanol–water partition coefficient (Wildman–Crippen LogP) is 2.81. The normalized spacial score (nSPS) is 11.0. The maximum Gasteiger partial charge on any atom is 0.264 e. The van der Waals surface area contributed by atoms with Crippen LogP contribution in [-0.4, -0.2) is 24.3 Å². The third kappa shape index (κ3) is 4.42. The van der Waals surface area contributed by atoms with Gasteiger partial charge < -0.3 is 5.32 Å². The van der Waals surface area contributed by atoms with Crippen molar-refractivity contribution in [2.45, 2.75) is 4.90 Å². The van der Waals surface area contributed by atoms with E-state index in [1.807, 2.05) is 0 Å². The second-order valence-corrected chi connectivity index (χ2v) is 6.96. The van der Waals surface area contributed by atoms with Gasteiger partial charge in [-0.1, -0.05) is 0 Å². The number of hydrogen-bond acceptors (Lipinski definition) is 5. The number of rotatable bonds is 5. The number of amides is 1. The van der Waals surface area contributed by atoms with E-state index in [-0.39, 0.29) is 22.1 Å². The fourth-order valence-corrected chi connectivity index (χ4v) is 3.08. The molecule has 0 aliphatic rings. The molecular weight excluding hydrogens is 378 g/mol. The van der Waals surface area contributed by atoms with Crippen molar-refractivity contribution in [3.8, 4) is 0 Å². The molecule has 2 N–H and O–H groups in total. The van der Waals surface area contributed by atoms with Crippen molar-refractivity contribution in [3.63, 3.8) is 0 Å². The maximum atomic E-state index is 13.6. The number of anilines is 2. The summed E-state index contributed by atoms with van der Waals surface area (Å²) in [6.45, 7) is 0. The summed E-state index contributed by atoms with van der Waals surface area (Å²) >= 11 is 0. The Morgan fingerprint density at radius 1 is 0.963 bits per heavy atom. The van der Waals surface area contributed by atoms with Gasteiger partial charge in [-0.2, -0.15) is 0 Å². The van der Waals surface area contributed by atoms with Gasteiger partial charge in [0.1, 0.15) is 11.6 Å². The van der Waals surface area contributed by atoms with Crippen LogP contribution in [0.5, 0.6) is 0 Å². The van der Waals surface area contributed by atoms with E-state index >= 15 is 0 Å². The second-order valence-electron chi connectivity index (χ2n) is 5.28. The molecule has 0 radical (unpaired) electrons. The van der Waals surface area contributed by atoms with Crippen molar-refractivity contribution in [2.24, 2.45) is 0 Å². The van der Waals surface area contributed by atoms with E-state index in [1.54, 1.807) is 6.07 Å². The third-order valence-electron chi connectivity index (χ3n) is 3.39. The number of halogens is 2. The maximum absolute atomic E-state index is 13.6. The largest absolute Gasteiger partial charge is 0.322 e. The van der Waals surface area contributed by atoms with E-state index in [0.717, 1.165) is 12.1 Å². The van der Waals surface area contributed by atoms with Gasteiger partial charge in [0.2, 0.25) is 5.95 Å². The number of carbonyl (C=O) groups excluding carboxylic acids is 1. The van der Waals surface area contributed by atoms with Crippen LogP contribution in [0.2, 0.25) is 0 Å². The fourth-order valence-electron chi connectivity index (χ4n) is 2.12. The van der Waals surface area contributed by atoms with Gasteiger partial charge in [0.25, 0.3) is 15.9 Å². The third-order valence-corrected chi connectivity index (χ3v) is 4.73. The average molecular weight is 390 g/mol. The Balaban J connectivity index is 1.74. The highest BCUT2D eigenvalue weighted by atomic mass is 32.2. The summed E-state index contributed by atoms with van der Waals surface area (Å²) in [5, 5.41) is 2.41. The summed E-state index contributed by atoms with van der Waals surface area (Å²) in [5.41, 5.74) is -0.102. The first-order chi connectivity index (χ1) is 12.8. The second kappa shape index (κ2) is 7.46. The summed E-state index contributed by atoms with van der Waals surface area (Å²) in [4.78, 5) is 19.5. The molecule has 27 heavy (non-hydrogen) atoms. The topological polar surface area (TPSA) is 101 Å². The molecule has 0 aliphatic carbocycles. The quantitative estimate of drug-likeness (QED) is 0.698. The molecule has 0 spiro atoms. The first kappa shape index (κ1) is 18.4. The molecule has 0 unspecified atom stereocenters. The molecule has 1 heterocycles. The lowest BCUT2D eigenvalue weighted by molar-refractivity contribution is 0.102. The van der Waals surface area contributed by atoms with E-state index < -0.39 is 27.6 Å². The van der Waals surface area contributed by atoms with Crippen LogP contribution in [0.3, 0.4) is 0 Å². The number of nitrogens with one attached hydrogen (secondary N) is 2. The van der Waals surface area contributed by atoms with Gasteiger partial charge in [-0.15, -0.1) is 0 Å². The van der Waals surface area contributed by atoms with Crippen molar-refractivity contribution in [3.05, 3.63) is 78.1 Å². The number of aromatic nitrogens is 2. The Bertz CT molecular complexity index is 1080. The number of sulfonamides is 1. The van der Waals surface area contributed by atoms with Crippen LogP contribution >= 0.6 is 0 Å². The van der Waals surface area contributed by atoms with Crippen molar-refractivity contribution in [2.75, 3.05) is 10.0 Å². The Morgan fingerprint density at radius 2 is 1.63 bits per heavy atom. The smallest absolute Gasteiger partial charge is 0.264 e. The zero-order valence-electron chi connectivity index (χ0n) is 13.6. The SMILES string of the molecule is O=C(Nc1ccc(S(=O)(=O)Nc2ncccn2)cc1)c1ccc(F)cc1F. The minimum absolute atomic E-state index is 0.0818. The zero-order valence-corrected chi connectivity index (χ0v) is 14.4. The lowest BCUT2D eigenvalue weighted by Gasteiger charge is -2.09. The summed E-state index contributed by atoms with van der Waals surface area (Å²) in [7, 11) is -3.91. The van der Waals surface area contributed by atoms with Crippen LogP contribution in [0.1, 0.15) is 10.4 Å². The Kier molecular flexibility index (Phi) is 5.08. The molecule has 3 aromatic rings. The van der Waals surface area contributed by atoms with Crippen LogP contribution in [0.25, 0.3) is 0 Å². The van der Waals surface area contributed by atoms with Crippen molar-refractivity contribution in [1.29, 1.82) is 0 Å². The van der Waals surface area contributed by atoms with Crippen molar-refractivity contribution >= 4 is 27.6 Å².